The number of hydrogen-bond donors (Lipinski definition) is 5. The number of hydrogen-bond acceptors (Lipinski definition) is 13. The lowest BCUT2D eigenvalue weighted by molar-refractivity contribution is -0.137. The SMILES string of the molecule is O=C1CCC(N2Cc3c(NC(=O)CCOCCOCCOCCNCCNCc4ccc(Nc5ncc6c(n5)-c5ccc(Cl)cc5C(c5c(F)cccc5F)=NC6)cc4)cccc3C2=O)C(=O)N1. The average molecular weight is 950 g/mol. The molecular formula is C49H50ClF2N9O7. The molecule has 354 valence electrons. The van der Waals surface area contributed by atoms with Gasteiger partial charge < -0.3 is 40.4 Å². The van der Waals surface area contributed by atoms with Crippen LogP contribution in [0.1, 0.15) is 57.4 Å². The molecule has 4 heterocycles. The van der Waals surface area contributed by atoms with Gasteiger partial charge in [-0.05, 0) is 60.5 Å². The van der Waals surface area contributed by atoms with Gasteiger partial charge in [0.05, 0.1) is 69.6 Å². The van der Waals surface area contributed by atoms with Gasteiger partial charge in [0, 0.05) is 89.6 Å². The number of amides is 4. The van der Waals surface area contributed by atoms with Gasteiger partial charge in [-0.2, -0.15) is 0 Å². The summed E-state index contributed by atoms with van der Waals surface area (Å²) in [5.74, 6) is -2.47. The molecule has 0 radical (unpaired) electrons. The van der Waals surface area contributed by atoms with Gasteiger partial charge in [-0.1, -0.05) is 41.9 Å². The molecule has 0 spiro atoms. The van der Waals surface area contributed by atoms with E-state index in [1.807, 2.05) is 24.3 Å². The van der Waals surface area contributed by atoms with Crippen molar-refractivity contribution >= 4 is 58.3 Å². The summed E-state index contributed by atoms with van der Waals surface area (Å²) in [6.07, 6.45) is 2.21. The number of halogens is 3. The molecule has 1 fully saturated rings. The Morgan fingerprint density at radius 3 is 2.34 bits per heavy atom. The van der Waals surface area contributed by atoms with Gasteiger partial charge in [-0.3, -0.25) is 29.5 Å². The number of rotatable bonds is 22. The number of aliphatic imine (C=N–C) groups is 1. The number of carbonyl (C=O) groups is 4. The topological polar surface area (TPSA) is 198 Å². The second-order valence-corrected chi connectivity index (χ2v) is 16.6. The summed E-state index contributed by atoms with van der Waals surface area (Å²) < 4.78 is 46.6. The second-order valence-electron chi connectivity index (χ2n) is 16.1. The molecule has 4 amide bonds. The summed E-state index contributed by atoms with van der Waals surface area (Å²) in [6.45, 7) is 5.45. The lowest BCUT2D eigenvalue weighted by Gasteiger charge is -2.29. The maximum Gasteiger partial charge on any atom is 0.255 e. The fourth-order valence-corrected chi connectivity index (χ4v) is 8.23. The van der Waals surface area contributed by atoms with Crippen LogP contribution in [0.3, 0.4) is 0 Å². The van der Waals surface area contributed by atoms with Crippen LogP contribution in [0.25, 0.3) is 11.3 Å². The number of fused-ring (bicyclic) bond motifs is 4. The van der Waals surface area contributed by atoms with Crippen LogP contribution in [0.4, 0.5) is 26.1 Å². The number of aromatic nitrogens is 2. The Bertz CT molecular complexity index is 2670. The fourth-order valence-electron chi connectivity index (χ4n) is 8.06. The normalized spacial score (nSPS) is 15.3. The number of nitrogens with zero attached hydrogens (tertiary/aromatic N) is 4. The van der Waals surface area contributed by atoms with Crippen LogP contribution in [-0.4, -0.2) is 110 Å². The molecular weight excluding hydrogens is 900 g/mol. The van der Waals surface area contributed by atoms with Crippen LogP contribution in [0.5, 0.6) is 0 Å². The molecule has 0 saturated carbocycles. The zero-order valence-electron chi connectivity index (χ0n) is 37.0. The van der Waals surface area contributed by atoms with Crippen molar-refractivity contribution in [2.24, 2.45) is 4.99 Å². The van der Waals surface area contributed by atoms with E-state index in [1.165, 1.54) is 23.1 Å². The third kappa shape index (κ3) is 11.9. The first-order valence-electron chi connectivity index (χ1n) is 22.3. The van der Waals surface area contributed by atoms with Gasteiger partial charge in [-0.25, -0.2) is 18.7 Å². The number of carbonyl (C=O) groups excluding carboxylic acids is 4. The molecule has 16 nitrogen and oxygen atoms in total. The maximum absolute atomic E-state index is 14.9. The average Bonchev–Trinajstić information content (AvgIpc) is 3.58. The van der Waals surface area contributed by atoms with E-state index in [0.29, 0.717) is 96.3 Å². The zero-order chi connectivity index (χ0) is 47.4. The number of anilines is 3. The quantitative estimate of drug-likeness (QED) is 0.0421. The highest BCUT2D eigenvalue weighted by Crippen LogP contribution is 2.35. The van der Waals surface area contributed by atoms with Crippen molar-refractivity contribution in [3.05, 3.63) is 135 Å². The van der Waals surface area contributed by atoms with Gasteiger partial charge in [0.25, 0.3) is 5.91 Å². The number of piperidine rings is 1. The summed E-state index contributed by atoms with van der Waals surface area (Å²) >= 11 is 6.35. The largest absolute Gasteiger partial charge is 0.379 e. The standard InChI is InChI=1S/C49H50ClF2N9O7/c50-32-9-12-34-36(25-32)46(44-38(51)4-2-5-39(44)52)55-27-31-28-56-49(60-45(31)34)57-33-10-7-30(8-11-33)26-54-17-16-53-18-20-67-22-24-68-23-21-66-19-15-43(63)58-40-6-1-3-35-37(40)29-61(48(35)65)41-13-14-42(62)59-47(41)64/h1-12,25,28,41,53-54H,13-24,26-27,29H2,(H,58,63)(H,56,57,60)(H,59,62,64). The maximum atomic E-state index is 14.9. The summed E-state index contributed by atoms with van der Waals surface area (Å²) in [4.78, 5) is 64.9. The van der Waals surface area contributed by atoms with Crippen molar-refractivity contribution in [2.75, 3.05) is 69.9 Å². The Hall–Kier alpha value is -6.54. The summed E-state index contributed by atoms with van der Waals surface area (Å²) in [5.41, 5.74) is 5.83. The Morgan fingerprint density at radius 1 is 0.824 bits per heavy atom. The predicted molar refractivity (Wildman–Crippen MR) is 251 cm³/mol. The minimum absolute atomic E-state index is 0.111. The molecule has 1 atom stereocenters. The van der Waals surface area contributed by atoms with E-state index in [0.717, 1.165) is 24.3 Å². The molecule has 0 bridgehead atoms. The van der Waals surface area contributed by atoms with Crippen LogP contribution in [-0.2, 0) is 48.2 Å². The van der Waals surface area contributed by atoms with Gasteiger partial charge in [-0.15, -0.1) is 0 Å². The highest BCUT2D eigenvalue weighted by Gasteiger charge is 2.40. The van der Waals surface area contributed by atoms with Gasteiger partial charge in [0.15, 0.2) is 0 Å². The lowest BCUT2D eigenvalue weighted by atomic mass is 9.95. The summed E-state index contributed by atoms with van der Waals surface area (Å²) in [5, 5.41) is 15.6. The highest BCUT2D eigenvalue weighted by atomic mass is 35.5. The van der Waals surface area contributed by atoms with Crippen LogP contribution < -0.4 is 26.6 Å². The van der Waals surface area contributed by atoms with E-state index < -0.39 is 23.6 Å². The van der Waals surface area contributed by atoms with Crippen LogP contribution in [0.15, 0.2) is 90.1 Å². The molecule has 8 rings (SSSR count). The van der Waals surface area contributed by atoms with Crippen LogP contribution >= 0.6 is 11.6 Å². The molecule has 1 unspecified atom stereocenters. The third-order valence-electron chi connectivity index (χ3n) is 11.5. The smallest absolute Gasteiger partial charge is 0.255 e. The van der Waals surface area contributed by atoms with E-state index in [-0.39, 0.29) is 68.0 Å². The molecule has 5 N–H and O–H groups in total. The molecule has 4 aromatic carbocycles. The monoisotopic (exact) mass is 949 g/mol. The minimum Gasteiger partial charge on any atom is -0.379 e. The molecule has 3 aliphatic heterocycles. The summed E-state index contributed by atoms with van der Waals surface area (Å²) in [6, 6.07) is 21.1. The minimum atomic E-state index is -0.730. The Kier molecular flexibility index (Phi) is 16.2. The molecule has 19 heteroatoms. The number of benzene rings is 4. The predicted octanol–water partition coefficient (Wildman–Crippen LogP) is 5.69. The van der Waals surface area contributed by atoms with Gasteiger partial charge in [0.2, 0.25) is 23.7 Å². The molecule has 1 aromatic heterocycles. The first-order chi connectivity index (χ1) is 33.1. The molecule has 68 heavy (non-hydrogen) atoms. The third-order valence-corrected chi connectivity index (χ3v) is 11.7. The van der Waals surface area contributed by atoms with Crippen LogP contribution in [0.2, 0.25) is 5.02 Å². The zero-order valence-corrected chi connectivity index (χ0v) is 37.8. The fraction of sp³-hybridized carbons (Fsp3) is 0.327. The van der Waals surface area contributed by atoms with Gasteiger partial charge in [0.1, 0.15) is 17.7 Å². The van der Waals surface area contributed by atoms with Crippen molar-refractivity contribution in [3.63, 3.8) is 0 Å². The van der Waals surface area contributed by atoms with Crippen molar-refractivity contribution in [2.45, 2.75) is 44.9 Å². The van der Waals surface area contributed by atoms with Crippen molar-refractivity contribution in [3.8, 4) is 11.3 Å². The van der Waals surface area contributed by atoms with Crippen LogP contribution in [0, 0.1) is 11.6 Å². The van der Waals surface area contributed by atoms with E-state index in [1.54, 1.807) is 42.6 Å². The Morgan fingerprint density at radius 2 is 1.56 bits per heavy atom. The van der Waals surface area contributed by atoms with Crippen molar-refractivity contribution < 1.29 is 42.2 Å². The van der Waals surface area contributed by atoms with E-state index in [4.69, 9.17) is 30.8 Å². The Labute approximate surface area is 396 Å². The van der Waals surface area contributed by atoms with E-state index in [9.17, 15) is 28.0 Å². The number of imide groups is 1. The van der Waals surface area contributed by atoms with Gasteiger partial charge >= 0.3 is 0 Å². The summed E-state index contributed by atoms with van der Waals surface area (Å²) in [7, 11) is 0. The highest BCUT2D eigenvalue weighted by molar-refractivity contribution is 6.31. The van der Waals surface area contributed by atoms with E-state index in [2.05, 4.69) is 36.6 Å². The second kappa shape index (κ2) is 23.0. The van der Waals surface area contributed by atoms with Crippen molar-refractivity contribution in [1.29, 1.82) is 0 Å². The first kappa shape index (κ1) is 47.9. The molecule has 1 saturated heterocycles. The molecule has 5 aromatic rings. The first-order valence-corrected chi connectivity index (χ1v) is 22.7. The van der Waals surface area contributed by atoms with E-state index >= 15 is 0 Å². The number of nitrogens with one attached hydrogen (secondary N) is 5. The van der Waals surface area contributed by atoms with Crippen molar-refractivity contribution in [1.82, 2.24) is 30.8 Å². The number of ether oxygens (including phenoxy) is 3. The Balaban J connectivity index is 0.654. The molecule has 0 aliphatic carbocycles. The lowest BCUT2D eigenvalue weighted by Crippen LogP contribution is -2.52. The molecule has 3 aliphatic rings.